The lowest BCUT2D eigenvalue weighted by molar-refractivity contribution is -0.169. The molecule has 0 spiro atoms. The van der Waals surface area contributed by atoms with Gasteiger partial charge < -0.3 is 9.47 Å². The monoisotopic (exact) mass is 256 g/mol. The highest BCUT2D eigenvalue weighted by Gasteiger charge is 2.49. The maximum Gasteiger partial charge on any atom is 0.327 e. The minimum absolute atomic E-state index is 0.236. The van der Waals surface area contributed by atoms with Gasteiger partial charge in [-0.2, -0.15) is 0 Å². The summed E-state index contributed by atoms with van der Waals surface area (Å²) >= 11 is 0. The smallest absolute Gasteiger partial charge is 0.327 e. The number of carbonyl (C=O) groups excluding carboxylic acids is 2. The van der Waals surface area contributed by atoms with Crippen LogP contribution >= 0.6 is 0 Å². The molecule has 4 nitrogen and oxygen atoms in total. The zero-order valence-electron chi connectivity index (χ0n) is 11.9. The summed E-state index contributed by atoms with van der Waals surface area (Å²) in [4.78, 5) is 24.3. The molecule has 104 valence electrons. The van der Waals surface area contributed by atoms with Gasteiger partial charge in [0.05, 0.1) is 13.2 Å². The average Bonchev–Trinajstić information content (AvgIpc) is 2.31. The highest BCUT2D eigenvalue weighted by Crippen LogP contribution is 2.36. The summed E-state index contributed by atoms with van der Waals surface area (Å²) in [6.45, 7) is 11.5. The van der Waals surface area contributed by atoms with Crippen molar-refractivity contribution in [3.8, 4) is 0 Å². The number of rotatable bonds is 8. The standard InChI is InChI=1S/C14H24O4/c1-6-10-11(5)14(7-2,12(15)17-8-3)13(16)18-9-4/h5-10H2,1-4H3. The second-order valence-electron chi connectivity index (χ2n) is 4.05. The predicted octanol–water partition coefficient (Wildman–Crippen LogP) is 2.87. The van der Waals surface area contributed by atoms with Crippen LogP contribution in [-0.4, -0.2) is 25.2 Å². The normalized spacial score (nSPS) is 10.9. The van der Waals surface area contributed by atoms with Gasteiger partial charge >= 0.3 is 11.9 Å². The quantitative estimate of drug-likeness (QED) is 0.380. The third-order valence-electron chi connectivity index (χ3n) is 2.93. The number of carbonyl (C=O) groups is 2. The summed E-state index contributed by atoms with van der Waals surface area (Å²) < 4.78 is 10.1. The molecule has 0 saturated heterocycles. The Balaban J connectivity index is 5.38. The summed E-state index contributed by atoms with van der Waals surface area (Å²) in [6, 6.07) is 0. The SMILES string of the molecule is C=C(CCC)C(CC)(C(=O)OCC)C(=O)OCC. The number of hydrogen-bond acceptors (Lipinski definition) is 4. The van der Waals surface area contributed by atoms with E-state index >= 15 is 0 Å². The molecular formula is C14H24O4. The van der Waals surface area contributed by atoms with Crippen LogP contribution in [0.4, 0.5) is 0 Å². The second kappa shape index (κ2) is 7.90. The minimum atomic E-state index is -1.35. The van der Waals surface area contributed by atoms with Crippen molar-refractivity contribution in [3.63, 3.8) is 0 Å². The molecule has 0 heterocycles. The Bertz CT molecular complexity index is 261. The maximum atomic E-state index is 12.1. The van der Waals surface area contributed by atoms with Crippen molar-refractivity contribution in [2.75, 3.05) is 13.2 Å². The molecule has 0 aromatic rings. The molecule has 0 N–H and O–H groups in total. The highest BCUT2D eigenvalue weighted by atomic mass is 16.6. The minimum Gasteiger partial charge on any atom is -0.465 e. The molecule has 0 aromatic carbocycles. The fourth-order valence-corrected chi connectivity index (χ4v) is 1.93. The molecule has 18 heavy (non-hydrogen) atoms. The first-order chi connectivity index (χ1) is 8.50. The van der Waals surface area contributed by atoms with Crippen LogP contribution < -0.4 is 0 Å². The molecule has 0 atom stereocenters. The van der Waals surface area contributed by atoms with Gasteiger partial charge in [0.15, 0.2) is 5.41 Å². The highest BCUT2D eigenvalue weighted by molar-refractivity contribution is 6.03. The fraction of sp³-hybridized carbons (Fsp3) is 0.714. The fourth-order valence-electron chi connectivity index (χ4n) is 1.93. The molecule has 0 unspecified atom stereocenters. The number of hydrogen-bond donors (Lipinski definition) is 0. The van der Waals surface area contributed by atoms with E-state index in [0.717, 1.165) is 6.42 Å². The summed E-state index contributed by atoms with van der Waals surface area (Å²) in [5.74, 6) is -1.10. The summed E-state index contributed by atoms with van der Waals surface area (Å²) in [5.41, 5.74) is -0.772. The van der Waals surface area contributed by atoms with E-state index in [4.69, 9.17) is 9.47 Å². The lowest BCUT2D eigenvalue weighted by Crippen LogP contribution is -2.43. The summed E-state index contributed by atoms with van der Waals surface area (Å²) in [7, 11) is 0. The Morgan fingerprint density at radius 3 is 1.72 bits per heavy atom. The van der Waals surface area contributed by atoms with E-state index in [0.29, 0.717) is 18.4 Å². The molecule has 4 heteroatoms. The molecule has 0 bridgehead atoms. The molecular weight excluding hydrogens is 232 g/mol. The zero-order chi connectivity index (χ0) is 14.2. The van der Waals surface area contributed by atoms with Crippen molar-refractivity contribution >= 4 is 11.9 Å². The predicted molar refractivity (Wildman–Crippen MR) is 70.0 cm³/mol. The molecule has 0 rings (SSSR count). The molecule has 0 amide bonds. The van der Waals surface area contributed by atoms with Gasteiger partial charge in [-0.3, -0.25) is 9.59 Å². The molecule has 0 fully saturated rings. The topological polar surface area (TPSA) is 52.6 Å². The lowest BCUT2D eigenvalue weighted by atomic mass is 9.76. The van der Waals surface area contributed by atoms with E-state index in [9.17, 15) is 9.59 Å². The largest absolute Gasteiger partial charge is 0.465 e. The molecule has 0 aromatic heterocycles. The molecule has 0 saturated carbocycles. The van der Waals surface area contributed by atoms with Crippen molar-refractivity contribution in [2.24, 2.45) is 5.41 Å². The molecule has 0 aliphatic heterocycles. The van der Waals surface area contributed by atoms with Gasteiger partial charge in [0.25, 0.3) is 0 Å². The van der Waals surface area contributed by atoms with Crippen LogP contribution in [0.5, 0.6) is 0 Å². The third kappa shape index (κ3) is 3.34. The lowest BCUT2D eigenvalue weighted by Gasteiger charge is -2.29. The van der Waals surface area contributed by atoms with Crippen LogP contribution in [0, 0.1) is 5.41 Å². The van der Waals surface area contributed by atoms with Gasteiger partial charge in [-0.15, -0.1) is 0 Å². The van der Waals surface area contributed by atoms with Crippen LogP contribution in [0.15, 0.2) is 12.2 Å². The van der Waals surface area contributed by atoms with Crippen LogP contribution in [0.2, 0.25) is 0 Å². The third-order valence-corrected chi connectivity index (χ3v) is 2.93. The maximum absolute atomic E-state index is 12.1. The molecule has 0 aliphatic carbocycles. The van der Waals surface area contributed by atoms with E-state index < -0.39 is 17.4 Å². The Kier molecular flexibility index (Phi) is 7.32. The molecule has 0 aliphatic rings. The average molecular weight is 256 g/mol. The summed E-state index contributed by atoms with van der Waals surface area (Å²) in [5, 5.41) is 0. The zero-order valence-corrected chi connectivity index (χ0v) is 11.9. The van der Waals surface area contributed by atoms with Crippen molar-refractivity contribution in [3.05, 3.63) is 12.2 Å². The van der Waals surface area contributed by atoms with Crippen LogP contribution in [0.3, 0.4) is 0 Å². The first-order valence-corrected chi connectivity index (χ1v) is 6.53. The second-order valence-corrected chi connectivity index (χ2v) is 4.05. The van der Waals surface area contributed by atoms with Gasteiger partial charge in [-0.05, 0) is 32.3 Å². The van der Waals surface area contributed by atoms with Crippen molar-refractivity contribution in [1.29, 1.82) is 0 Å². The van der Waals surface area contributed by atoms with E-state index in [-0.39, 0.29) is 13.2 Å². The van der Waals surface area contributed by atoms with Crippen molar-refractivity contribution < 1.29 is 19.1 Å². The van der Waals surface area contributed by atoms with Gasteiger partial charge in [0, 0.05) is 0 Å². The van der Waals surface area contributed by atoms with Crippen LogP contribution in [0.1, 0.15) is 47.0 Å². The Morgan fingerprint density at radius 2 is 1.44 bits per heavy atom. The van der Waals surface area contributed by atoms with Gasteiger partial charge in [0.2, 0.25) is 0 Å². The Morgan fingerprint density at radius 1 is 1.00 bits per heavy atom. The van der Waals surface area contributed by atoms with Gasteiger partial charge in [-0.25, -0.2) is 0 Å². The first kappa shape index (κ1) is 16.7. The first-order valence-electron chi connectivity index (χ1n) is 6.53. The van der Waals surface area contributed by atoms with Crippen molar-refractivity contribution in [2.45, 2.75) is 47.0 Å². The molecule has 0 radical (unpaired) electrons. The summed E-state index contributed by atoms with van der Waals surface area (Å²) in [6.07, 6.45) is 1.73. The van der Waals surface area contributed by atoms with E-state index in [1.807, 2.05) is 6.92 Å². The van der Waals surface area contributed by atoms with Crippen LogP contribution in [-0.2, 0) is 19.1 Å². The Hall–Kier alpha value is -1.32. The van der Waals surface area contributed by atoms with E-state index in [2.05, 4.69) is 6.58 Å². The van der Waals surface area contributed by atoms with Crippen molar-refractivity contribution in [1.82, 2.24) is 0 Å². The van der Waals surface area contributed by atoms with E-state index in [1.54, 1.807) is 20.8 Å². The van der Waals surface area contributed by atoms with Crippen LogP contribution in [0.25, 0.3) is 0 Å². The number of esters is 2. The Labute approximate surface area is 109 Å². The number of ether oxygens (including phenoxy) is 2. The van der Waals surface area contributed by atoms with Gasteiger partial charge in [-0.1, -0.05) is 26.8 Å². The van der Waals surface area contributed by atoms with E-state index in [1.165, 1.54) is 0 Å². The van der Waals surface area contributed by atoms with Gasteiger partial charge in [0.1, 0.15) is 0 Å².